The van der Waals surface area contributed by atoms with E-state index in [-0.39, 0.29) is 35.3 Å². The van der Waals surface area contributed by atoms with Crippen molar-refractivity contribution in [1.82, 2.24) is 19.5 Å². The molecule has 0 saturated carbocycles. The van der Waals surface area contributed by atoms with E-state index < -0.39 is 36.0 Å². The van der Waals surface area contributed by atoms with Crippen LogP contribution < -0.4 is 21.9 Å². The van der Waals surface area contributed by atoms with E-state index in [1.165, 1.54) is 11.7 Å². The molecule has 0 spiro atoms. The van der Waals surface area contributed by atoms with E-state index in [4.69, 9.17) is 30.4 Å². The average Bonchev–Trinajstić information content (AvgIpc) is 3.07. The van der Waals surface area contributed by atoms with E-state index in [1.807, 2.05) is 0 Å². The van der Waals surface area contributed by atoms with Crippen LogP contribution in [0.2, 0.25) is 0 Å². The van der Waals surface area contributed by atoms with Gasteiger partial charge in [0.1, 0.15) is 29.5 Å². The minimum Gasteiger partial charge on any atom is -0.480 e. The Balaban J connectivity index is 1.94. The van der Waals surface area contributed by atoms with Gasteiger partial charge in [-0.3, -0.25) is 0 Å². The van der Waals surface area contributed by atoms with Gasteiger partial charge < -0.3 is 35.5 Å². The molecule has 0 amide bonds. The Morgan fingerprint density at radius 1 is 1.22 bits per heavy atom. The molecule has 0 aliphatic carbocycles. The van der Waals surface area contributed by atoms with Crippen molar-refractivity contribution < 1.29 is 24.1 Å². The fourth-order valence-electron chi connectivity index (χ4n) is 3.54. The highest BCUT2D eigenvalue weighted by Crippen LogP contribution is 2.43. The molecule has 12 heteroatoms. The second-order valence-corrected chi connectivity index (χ2v) is 6.75. The summed E-state index contributed by atoms with van der Waals surface area (Å²) in [5.74, 6) is -1.04. The molecule has 12 nitrogen and oxygen atoms in total. The molecule has 146 valence electrons. The molecule has 2 fully saturated rings. The number of nitrogen functional groups attached to an aromatic ring is 2. The first-order chi connectivity index (χ1) is 12.8. The van der Waals surface area contributed by atoms with Crippen molar-refractivity contribution in [2.75, 3.05) is 25.2 Å². The Bertz CT molecular complexity index is 962. The zero-order valence-electron chi connectivity index (χ0n) is 14.9. The third-order valence-corrected chi connectivity index (χ3v) is 4.53. The number of nitrogens with zero attached hydrogens (tertiary/aromatic N) is 4. The van der Waals surface area contributed by atoms with Crippen LogP contribution in [-0.4, -0.2) is 62.4 Å². The molecule has 0 aromatic carbocycles. The number of nitrogens with two attached hydrogens (primary N) is 2. The lowest BCUT2D eigenvalue weighted by molar-refractivity contribution is -0.200. The van der Waals surface area contributed by atoms with Gasteiger partial charge in [-0.25, -0.2) is 9.36 Å². The second kappa shape index (κ2) is 5.99. The molecule has 0 radical (unpaired) electrons. The number of ether oxygens (including phenoxy) is 4. The van der Waals surface area contributed by atoms with Gasteiger partial charge >= 0.3 is 5.69 Å². The third kappa shape index (κ3) is 2.68. The molecule has 4 heterocycles. The van der Waals surface area contributed by atoms with Crippen molar-refractivity contribution in [3.63, 3.8) is 0 Å². The summed E-state index contributed by atoms with van der Waals surface area (Å²) in [6.07, 6.45) is -2.90. The summed E-state index contributed by atoms with van der Waals surface area (Å²) in [4.78, 5) is 24.6. The summed E-state index contributed by atoms with van der Waals surface area (Å²) in [5.41, 5.74) is 11.0. The molecule has 2 aromatic heterocycles. The number of rotatable bonds is 3. The molecular formula is C15H20N6O6. The number of hydrogen-bond donors (Lipinski definition) is 3. The molecule has 2 aliphatic rings. The van der Waals surface area contributed by atoms with Crippen LogP contribution in [0.1, 0.15) is 20.1 Å². The predicted octanol–water partition coefficient (Wildman–Crippen LogP) is -1.23. The van der Waals surface area contributed by atoms with Crippen molar-refractivity contribution in [2.45, 2.75) is 44.2 Å². The molecule has 4 rings (SSSR count). The van der Waals surface area contributed by atoms with Crippen molar-refractivity contribution in [1.29, 1.82) is 0 Å². The number of aliphatic hydroxyl groups excluding tert-OH is 1. The highest BCUT2D eigenvalue weighted by atomic mass is 16.8. The first kappa shape index (κ1) is 17.9. The molecule has 2 aromatic rings. The highest BCUT2D eigenvalue weighted by Gasteiger charge is 2.56. The maximum Gasteiger partial charge on any atom is 0.353 e. The zero-order valence-corrected chi connectivity index (χ0v) is 14.9. The zero-order chi connectivity index (χ0) is 19.5. The van der Waals surface area contributed by atoms with Crippen LogP contribution >= 0.6 is 0 Å². The van der Waals surface area contributed by atoms with Gasteiger partial charge in [0.25, 0.3) is 0 Å². The molecule has 5 N–H and O–H groups in total. The number of fused-ring (bicyclic) bond motifs is 2. The van der Waals surface area contributed by atoms with Crippen molar-refractivity contribution in [2.24, 2.45) is 0 Å². The van der Waals surface area contributed by atoms with E-state index in [1.54, 1.807) is 13.8 Å². The summed E-state index contributed by atoms with van der Waals surface area (Å²) in [7, 11) is 1.39. The quantitative estimate of drug-likeness (QED) is 0.582. The van der Waals surface area contributed by atoms with Crippen LogP contribution in [0.3, 0.4) is 0 Å². The van der Waals surface area contributed by atoms with Crippen LogP contribution in [-0.2, 0) is 14.2 Å². The Morgan fingerprint density at radius 3 is 2.59 bits per heavy atom. The number of methoxy groups -OCH3 is 1. The van der Waals surface area contributed by atoms with Gasteiger partial charge in [0.15, 0.2) is 17.7 Å². The second-order valence-electron chi connectivity index (χ2n) is 6.75. The SMILES string of the molecule is COc1nc(N)nc2c1c(N)nc(=O)n2[C@@H]1O[C@H](CO)[C@H]2OC(C)(C)O[C@H]21. The molecule has 2 saturated heterocycles. The smallest absolute Gasteiger partial charge is 0.353 e. The van der Waals surface area contributed by atoms with Gasteiger partial charge in [-0.1, -0.05) is 0 Å². The van der Waals surface area contributed by atoms with Crippen molar-refractivity contribution >= 4 is 22.8 Å². The van der Waals surface area contributed by atoms with Crippen molar-refractivity contribution in [3.8, 4) is 5.88 Å². The number of aliphatic hydroxyl groups is 1. The molecule has 0 unspecified atom stereocenters. The maximum absolute atomic E-state index is 12.7. The summed E-state index contributed by atoms with van der Waals surface area (Å²) < 4.78 is 23.9. The van der Waals surface area contributed by atoms with Gasteiger partial charge in [-0.2, -0.15) is 15.0 Å². The summed E-state index contributed by atoms with van der Waals surface area (Å²) in [6, 6.07) is 0. The minimum absolute atomic E-state index is 0.0772. The van der Waals surface area contributed by atoms with Crippen LogP contribution in [0.5, 0.6) is 5.88 Å². The maximum atomic E-state index is 12.7. The third-order valence-electron chi connectivity index (χ3n) is 4.53. The highest BCUT2D eigenvalue weighted by molar-refractivity contribution is 5.90. The van der Waals surface area contributed by atoms with E-state index in [9.17, 15) is 9.90 Å². The largest absolute Gasteiger partial charge is 0.480 e. The minimum atomic E-state index is -0.962. The van der Waals surface area contributed by atoms with Gasteiger partial charge in [0.2, 0.25) is 11.8 Å². The van der Waals surface area contributed by atoms with Gasteiger partial charge in [0.05, 0.1) is 13.7 Å². The summed E-state index contributed by atoms with van der Waals surface area (Å²) in [5, 5.41) is 9.87. The van der Waals surface area contributed by atoms with Gasteiger partial charge in [-0.05, 0) is 13.8 Å². The van der Waals surface area contributed by atoms with Crippen molar-refractivity contribution in [3.05, 3.63) is 10.5 Å². The topological polar surface area (TPSA) is 170 Å². The van der Waals surface area contributed by atoms with Gasteiger partial charge in [-0.15, -0.1) is 0 Å². The number of hydrogen-bond acceptors (Lipinski definition) is 11. The predicted molar refractivity (Wildman–Crippen MR) is 91.8 cm³/mol. The molecule has 0 bridgehead atoms. The normalized spacial score (nSPS) is 29.2. The fourth-order valence-corrected chi connectivity index (χ4v) is 3.54. The van der Waals surface area contributed by atoms with Crippen LogP contribution in [0, 0.1) is 0 Å². The fraction of sp³-hybridized carbons (Fsp3) is 0.600. The Morgan fingerprint density at radius 2 is 1.93 bits per heavy atom. The molecule has 2 aliphatic heterocycles. The van der Waals surface area contributed by atoms with Crippen LogP contribution in [0.15, 0.2) is 4.79 Å². The number of aromatic nitrogens is 4. The van der Waals surface area contributed by atoms with E-state index in [0.29, 0.717) is 0 Å². The van der Waals surface area contributed by atoms with Crippen LogP contribution in [0.25, 0.3) is 11.0 Å². The van der Waals surface area contributed by atoms with E-state index in [0.717, 1.165) is 0 Å². The van der Waals surface area contributed by atoms with E-state index >= 15 is 0 Å². The average molecular weight is 380 g/mol. The molecular weight excluding hydrogens is 360 g/mol. The standard InChI is InChI=1S/C15H20N6O6/c1-15(2)26-7-5(4-22)25-12(8(7)27-15)21-10-6(9(16)18-14(21)23)11(24-3)20-13(17)19-10/h5,7-8,12,22H,4H2,1-3H3,(H2,16,18,23)(H2,17,19,20)/t5-,7-,8-,12-/m1/s1. The number of anilines is 2. The lowest BCUT2D eigenvalue weighted by Gasteiger charge is -2.25. The Kier molecular flexibility index (Phi) is 3.96. The summed E-state index contributed by atoms with van der Waals surface area (Å²) >= 11 is 0. The lowest BCUT2D eigenvalue weighted by Crippen LogP contribution is -2.36. The lowest BCUT2D eigenvalue weighted by atomic mass is 10.1. The van der Waals surface area contributed by atoms with E-state index in [2.05, 4.69) is 15.0 Å². The summed E-state index contributed by atoms with van der Waals surface area (Å²) in [6.45, 7) is 3.16. The Labute approximate surface area is 153 Å². The monoisotopic (exact) mass is 380 g/mol. The first-order valence-corrected chi connectivity index (χ1v) is 8.27. The molecule has 27 heavy (non-hydrogen) atoms. The van der Waals surface area contributed by atoms with Gasteiger partial charge in [0, 0.05) is 0 Å². The Hall–Kier alpha value is -2.54. The molecule has 4 atom stereocenters. The van der Waals surface area contributed by atoms with Crippen LogP contribution in [0.4, 0.5) is 11.8 Å². The first-order valence-electron chi connectivity index (χ1n) is 8.27.